The Bertz CT molecular complexity index is 807. The molecule has 0 radical (unpaired) electrons. The fourth-order valence-corrected chi connectivity index (χ4v) is 3.49. The first-order chi connectivity index (χ1) is 10.0. The molecule has 0 aliphatic carbocycles. The first kappa shape index (κ1) is 14.2. The highest BCUT2D eigenvalue weighted by Gasteiger charge is 2.20. The van der Waals surface area contributed by atoms with E-state index in [9.17, 15) is 13.2 Å². The van der Waals surface area contributed by atoms with Crippen LogP contribution in [0.3, 0.4) is 0 Å². The second-order valence-electron chi connectivity index (χ2n) is 5.06. The van der Waals surface area contributed by atoms with Crippen molar-refractivity contribution in [1.82, 2.24) is 9.71 Å². The number of H-pyrrole nitrogens is 1. The van der Waals surface area contributed by atoms with E-state index in [1.807, 2.05) is 0 Å². The van der Waals surface area contributed by atoms with Gasteiger partial charge in [0.1, 0.15) is 0 Å². The molecule has 0 bridgehead atoms. The first-order valence-electron chi connectivity index (χ1n) is 6.79. The molecule has 0 amide bonds. The van der Waals surface area contributed by atoms with Crippen molar-refractivity contribution < 1.29 is 13.2 Å². The van der Waals surface area contributed by atoms with E-state index < -0.39 is 10.0 Å². The zero-order valence-electron chi connectivity index (χ0n) is 11.3. The molecule has 1 aliphatic heterocycles. The second kappa shape index (κ2) is 5.59. The molecule has 3 rings (SSSR count). The standard InChI is InChI=1S/C14H16N2O4S/c17-14-6-3-10-8-12(4-5-13(10)16-14)21(18,19)15-9-11-2-1-7-20-11/h3-6,8,11,15H,1-2,7,9H2,(H,16,17)/t11-/m1/s1. The predicted octanol–water partition coefficient (Wildman–Crippen LogP) is 0.985. The zero-order valence-corrected chi connectivity index (χ0v) is 12.2. The molecular formula is C14H16N2O4S. The molecule has 0 saturated carbocycles. The summed E-state index contributed by atoms with van der Waals surface area (Å²) < 4.78 is 32.5. The van der Waals surface area contributed by atoms with Crippen LogP contribution in [0.2, 0.25) is 0 Å². The van der Waals surface area contributed by atoms with Gasteiger partial charge in [0.05, 0.1) is 11.0 Å². The van der Waals surface area contributed by atoms with Gasteiger partial charge in [-0.3, -0.25) is 4.79 Å². The molecule has 112 valence electrons. The number of rotatable bonds is 4. The van der Waals surface area contributed by atoms with Gasteiger partial charge in [0.15, 0.2) is 0 Å². The highest BCUT2D eigenvalue weighted by molar-refractivity contribution is 7.89. The number of aromatic nitrogens is 1. The zero-order chi connectivity index (χ0) is 14.9. The van der Waals surface area contributed by atoms with Gasteiger partial charge in [0, 0.05) is 24.7 Å². The second-order valence-corrected chi connectivity index (χ2v) is 6.83. The van der Waals surface area contributed by atoms with Crippen LogP contribution in [0.1, 0.15) is 12.8 Å². The molecular weight excluding hydrogens is 292 g/mol. The van der Waals surface area contributed by atoms with E-state index in [2.05, 4.69) is 9.71 Å². The predicted molar refractivity (Wildman–Crippen MR) is 78.7 cm³/mol. The summed E-state index contributed by atoms with van der Waals surface area (Å²) in [5.74, 6) is 0. The average Bonchev–Trinajstić information content (AvgIpc) is 2.98. The Morgan fingerprint density at radius 3 is 2.90 bits per heavy atom. The molecule has 1 saturated heterocycles. The van der Waals surface area contributed by atoms with E-state index in [-0.39, 0.29) is 23.1 Å². The van der Waals surface area contributed by atoms with Gasteiger partial charge in [0.2, 0.25) is 15.6 Å². The lowest BCUT2D eigenvalue weighted by Crippen LogP contribution is -2.31. The van der Waals surface area contributed by atoms with Crippen LogP contribution in [0.5, 0.6) is 0 Å². The van der Waals surface area contributed by atoms with Crippen LogP contribution in [0.25, 0.3) is 10.9 Å². The third kappa shape index (κ3) is 3.15. The Kier molecular flexibility index (Phi) is 3.79. The fraction of sp³-hybridized carbons (Fsp3) is 0.357. The van der Waals surface area contributed by atoms with Crippen molar-refractivity contribution in [2.45, 2.75) is 23.8 Å². The Morgan fingerprint density at radius 1 is 1.29 bits per heavy atom. The summed E-state index contributed by atoms with van der Waals surface area (Å²) in [5, 5.41) is 0.676. The molecule has 2 aromatic rings. The number of nitrogens with one attached hydrogen (secondary N) is 2. The summed E-state index contributed by atoms with van der Waals surface area (Å²) in [5.41, 5.74) is 0.398. The average molecular weight is 308 g/mol. The highest BCUT2D eigenvalue weighted by Crippen LogP contribution is 2.17. The van der Waals surface area contributed by atoms with Crippen LogP contribution in [0, 0.1) is 0 Å². The minimum absolute atomic E-state index is 0.0448. The van der Waals surface area contributed by atoms with Crippen molar-refractivity contribution in [2.75, 3.05) is 13.2 Å². The molecule has 1 aromatic carbocycles. The van der Waals surface area contributed by atoms with Crippen molar-refractivity contribution in [3.63, 3.8) is 0 Å². The smallest absolute Gasteiger partial charge is 0.248 e. The molecule has 1 fully saturated rings. The van der Waals surface area contributed by atoms with Crippen LogP contribution in [-0.2, 0) is 14.8 Å². The van der Waals surface area contributed by atoms with Gasteiger partial charge in [-0.15, -0.1) is 0 Å². The summed E-state index contributed by atoms with van der Waals surface area (Å²) in [6.07, 6.45) is 1.80. The van der Waals surface area contributed by atoms with Gasteiger partial charge in [0.25, 0.3) is 0 Å². The van der Waals surface area contributed by atoms with Gasteiger partial charge >= 0.3 is 0 Å². The Morgan fingerprint density at radius 2 is 2.14 bits per heavy atom. The monoisotopic (exact) mass is 308 g/mol. The van der Waals surface area contributed by atoms with E-state index in [1.165, 1.54) is 12.1 Å². The lowest BCUT2D eigenvalue weighted by Gasteiger charge is -2.11. The number of benzene rings is 1. The molecule has 0 unspecified atom stereocenters. The van der Waals surface area contributed by atoms with Gasteiger partial charge in [-0.25, -0.2) is 13.1 Å². The third-order valence-corrected chi connectivity index (χ3v) is 4.95. The number of hydrogen-bond donors (Lipinski definition) is 2. The number of ether oxygens (including phenoxy) is 1. The van der Waals surface area contributed by atoms with Gasteiger partial charge in [-0.1, -0.05) is 0 Å². The maximum Gasteiger partial charge on any atom is 0.248 e. The molecule has 1 aromatic heterocycles. The molecule has 21 heavy (non-hydrogen) atoms. The molecule has 7 heteroatoms. The van der Waals surface area contributed by atoms with E-state index in [1.54, 1.807) is 18.2 Å². The van der Waals surface area contributed by atoms with Crippen LogP contribution >= 0.6 is 0 Å². The van der Waals surface area contributed by atoms with E-state index in [0.29, 0.717) is 17.5 Å². The summed E-state index contributed by atoms with van der Waals surface area (Å²) in [6.45, 7) is 0.974. The Balaban J connectivity index is 1.84. The van der Waals surface area contributed by atoms with Crippen molar-refractivity contribution in [3.8, 4) is 0 Å². The SMILES string of the molecule is O=c1ccc2cc(S(=O)(=O)NC[C@H]3CCCO3)ccc2[nH]1. The summed E-state index contributed by atoms with van der Waals surface area (Å²) in [4.78, 5) is 14.0. The molecule has 2 N–H and O–H groups in total. The quantitative estimate of drug-likeness (QED) is 0.881. The van der Waals surface area contributed by atoms with Gasteiger partial charge in [-0.2, -0.15) is 0 Å². The van der Waals surface area contributed by atoms with Crippen LogP contribution in [0.4, 0.5) is 0 Å². The Hall–Kier alpha value is -1.70. The summed E-state index contributed by atoms with van der Waals surface area (Å²) in [6, 6.07) is 7.60. The molecule has 1 atom stereocenters. The fourth-order valence-electron chi connectivity index (χ4n) is 2.39. The van der Waals surface area contributed by atoms with Crippen molar-refractivity contribution >= 4 is 20.9 Å². The Labute approximate surface area is 122 Å². The van der Waals surface area contributed by atoms with E-state index >= 15 is 0 Å². The maximum atomic E-state index is 12.3. The van der Waals surface area contributed by atoms with Gasteiger partial charge in [-0.05, 0) is 42.5 Å². The first-order valence-corrected chi connectivity index (χ1v) is 8.27. The molecule has 6 nitrogen and oxygen atoms in total. The largest absolute Gasteiger partial charge is 0.377 e. The van der Waals surface area contributed by atoms with Gasteiger partial charge < -0.3 is 9.72 Å². The van der Waals surface area contributed by atoms with E-state index in [4.69, 9.17) is 4.74 Å². The highest BCUT2D eigenvalue weighted by atomic mass is 32.2. The van der Waals surface area contributed by atoms with Crippen LogP contribution < -0.4 is 10.3 Å². The summed E-state index contributed by atoms with van der Waals surface area (Å²) >= 11 is 0. The molecule has 0 spiro atoms. The number of fused-ring (bicyclic) bond motifs is 1. The number of sulfonamides is 1. The molecule has 2 heterocycles. The van der Waals surface area contributed by atoms with Crippen LogP contribution in [0.15, 0.2) is 40.0 Å². The summed E-state index contributed by atoms with van der Waals surface area (Å²) in [7, 11) is -3.57. The van der Waals surface area contributed by atoms with Crippen molar-refractivity contribution in [1.29, 1.82) is 0 Å². The normalized spacial score (nSPS) is 19.1. The van der Waals surface area contributed by atoms with Crippen molar-refractivity contribution in [3.05, 3.63) is 40.7 Å². The topological polar surface area (TPSA) is 88.3 Å². The third-order valence-electron chi connectivity index (χ3n) is 3.53. The van der Waals surface area contributed by atoms with E-state index in [0.717, 1.165) is 12.8 Å². The van der Waals surface area contributed by atoms with Crippen molar-refractivity contribution in [2.24, 2.45) is 0 Å². The number of hydrogen-bond acceptors (Lipinski definition) is 4. The number of aromatic amines is 1. The lowest BCUT2D eigenvalue weighted by molar-refractivity contribution is 0.114. The minimum atomic E-state index is -3.57. The van der Waals surface area contributed by atoms with Crippen LogP contribution in [-0.4, -0.2) is 32.7 Å². The minimum Gasteiger partial charge on any atom is -0.377 e. The maximum absolute atomic E-state index is 12.3. The lowest BCUT2D eigenvalue weighted by atomic mass is 10.2. The molecule has 1 aliphatic rings. The number of pyridine rings is 1.